The predicted octanol–water partition coefficient (Wildman–Crippen LogP) is 3.20. The molecule has 112 valence electrons. The molecule has 0 bridgehead atoms. The number of ether oxygens (including phenoxy) is 1. The summed E-state index contributed by atoms with van der Waals surface area (Å²) < 4.78 is 19.3. The Labute approximate surface area is 124 Å². The van der Waals surface area contributed by atoms with Crippen LogP contribution in [0.4, 0.5) is 4.39 Å². The lowest BCUT2D eigenvalue weighted by Crippen LogP contribution is -2.30. The van der Waals surface area contributed by atoms with Gasteiger partial charge < -0.3 is 4.74 Å². The van der Waals surface area contributed by atoms with Crippen molar-refractivity contribution in [1.82, 2.24) is 5.43 Å². The summed E-state index contributed by atoms with van der Waals surface area (Å²) in [6.45, 7) is 4.08. The molecule has 2 aromatic rings. The molecule has 4 heteroatoms. The van der Waals surface area contributed by atoms with Crippen molar-refractivity contribution in [3.05, 3.63) is 64.5 Å². The quantitative estimate of drug-likeness (QED) is 0.656. The molecule has 3 nitrogen and oxygen atoms in total. The molecule has 0 radical (unpaired) electrons. The SMILES string of the molecule is COc1cccc(CC(NN)c2ccc(C)cc2C)c1F. The van der Waals surface area contributed by atoms with E-state index in [1.807, 2.05) is 26.0 Å². The minimum absolute atomic E-state index is 0.146. The molecule has 1 unspecified atom stereocenters. The zero-order valence-electron chi connectivity index (χ0n) is 12.6. The van der Waals surface area contributed by atoms with Crippen molar-refractivity contribution in [3.8, 4) is 5.75 Å². The van der Waals surface area contributed by atoms with Gasteiger partial charge in [0, 0.05) is 0 Å². The topological polar surface area (TPSA) is 47.3 Å². The van der Waals surface area contributed by atoms with Crippen LogP contribution in [0.2, 0.25) is 0 Å². The zero-order chi connectivity index (χ0) is 15.4. The molecule has 0 amide bonds. The molecule has 0 aliphatic heterocycles. The van der Waals surface area contributed by atoms with Crippen LogP contribution in [0.5, 0.6) is 5.75 Å². The van der Waals surface area contributed by atoms with Crippen LogP contribution in [0.25, 0.3) is 0 Å². The van der Waals surface area contributed by atoms with Crippen LogP contribution in [0.3, 0.4) is 0 Å². The summed E-state index contributed by atoms with van der Waals surface area (Å²) in [7, 11) is 1.46. The zero-order valence-corrected chi connectivity index (χ0v) is 12.6. The van der Waals surface area contributed by atoms with Gasteiger partial charge in [-0.1, -0.05) is 35.9 Å². The standard InChI is InChI=1S/C17H21FN2O/c1-11-7-8-14(12(2)9-11)15(20-19)10-13-5-4-6-16(21-3)17(13)18/h4-9,15,20H,10,19H2,1-3H3. The lowest BCUT2D eigenvalue weighted by molar-refractivity contribution is 0.382. The minimum atomic E-state index is -0.329. The maximum atomic E-state index is 14.3. The van der Waals surface area contributed by atoms with Crippen LogP contribution in [0, 0.1) is 19.7 Å². The second kappa shape index (κ2) is 6.70. The molecule has 0 heterocycles. The highest BCUT2D eigenvalue weighted by atomic mass is 19.1. The normalized spacial score (nSPS) is 12.2. The lowest BCUT2D eigenvalue weighted by Gasteiger charge is -2.20. The first-order chi connectivity index (χ1) is 10.1. The number of nitrogens with one attached hydrogen (secondary N) is 1. The number of benzene rings is 2. The van der Waals surface area contributed by atoms with E-state index in [2.05, 4.69) is 11.5 Å². The molecule has 0 fully saturated rings. The fraction of sp³-hybridized carbons (Fsp3) is 0.294. The summed E-state index contributed by atoms with van der Waals surface area (Å²) in [5, 5.41) is 0. The average molecular weight is 288 g/mol. The molecule has 0 aliphatic rings. The largest absolute Gasteiger partial charge is 0.494 e. The molecular weight excluding hydrogens is 267 g/mol. The number of hydrogen-bond donors (Lipinski definition) is 2. The second-order valence-electron chi connectivity index (χ2n) is 5.22. The second-order valence-corrected chi connectivity index (χ2v) is 5.22. The van der Waals surface area contributed by atoms with Gasteiger partial charge in [0.25, 0.3) is 0 Å². The molecule has 0 aliphatic carbocycles. The lowest BCUT2D eigenvalue weighted by atomic mass is 9.94. The smallest absolute Gasteiger partial charge is 0.168 e. The number of rotatable bonds is 5. The van der Waals surface area contributed by atoms with E-state index in [-0.39, 0.29) is 17.6 Å². The van der Waals surface area contributed by atoms with Crippen LogP contribution in [0.1, 0.15) is 28.3 Å². The fourth-order valence-corrected chi connectivity index (χ4v) is 2.57. The highest BCUT2D eigenvalue weighted by Gasteiger charge is 2.17. The number of nitrogens with two attached hydrogens (primary N) is 1. The predicted molar refractivity (Wildman–Crippen MR) is 82.6 cm³/mol. The molecule has 0 aromatic heterocycles. The monoisotopic (exact) mass is 288 g/mol. The summed E-state index contributed by atoms with van der Waals surface area (Å²) in [6, 6.07) is 11.2. The van der Waals surface area contributed by atoms with Crippen LogP contribution in [-0.2, 0) is 6.42 Å². The van der Waals surface area contributed by atoms with Crippen molar-refractivity contribution in [2.45, 2.75) is 26.3 Å². The van der Waals surface area contributed by atoms with Gasteiger partial charge in [0.2, 0.25) is 0 Å². The van der Waals surface area contributed by atoms with E-state index in [0.29, 0.717) is 12.0 Å². The Balaban J connectivity index is 2.31. The molecule has 2 rings (SSSR count). The van der Waals surface area contributed by atoms with Crippen molar-refractivity contribution in [2.75, 3.05) is 7.11 Å². The van der Waals surface area contributed by atoms with E-state index in [1.54, 1.807) is 18.2 Å². The number of hydrogen-bond acceptors (Lipinski definition) is 3. The molecule has 2 aromatic carbocycles. The third-order valence-corrected chi connectivity index (χ3v) is 3.69. The first-order valence-electron chi connectivity index (χ1n) is 6.91. The van der Waals surface area contributed by atoms with Gasteiger partial charge in [0.05, 0.1) is 13.2 Å². The van der Waals surface area contributed by atoms with Gasteiger partial charge in [0.1, 0.15) is 0 Å². The Bertz CT molecular complexity index is 628. The number of methoxy groups -OCH3 is 1. The van der Waals surface area contributed by atoms with Gasteiger partial charge >= 0.3 is 0 Å². The maximum absolute atomic E-state index is 14.3. The molecule has 0 spiro atoms. The average Bonchev–Trinajstić information content (AvgIpc) is 2.47. The minimum Gasteiger partial charge on any atom is -0.494 e. The number of hydrazine groups is 1. The van der Waals surface area contributed by atoms with Gasteiger partial charge in [-0.2, -0.15) is 0 Å². The van der Waals surface area contributed by atoms with Crippen LogP contribution in [0.15, 0.2) is 36.4 Å². The van der Waals surface area contributed by atoms with Crippen LogP contribution >= 0.6 is 0 Å². The Morgan fingerprint density at radius 1 is 1.24 bits per heavy atom. The third-order valence-electron chi connectivity index (χ3n) is 3.69. The Kier molecular flexibility index (Phi) is 4.94. The molecule has 0 saturated heterocycles. The Morgan fingerprint density at radius 3 is 2.62 bits per heavy atom. The summed E-state index contributed by atoms with van der Waals surface area (Å²) in [6.07, 6.45) is 0.462. The van der Waals surface area contributed by atoms with Crippen LogP contribution < -0.4 is 16.0 Å². The van der Waals surface area contributed by atoms with E-state index in [1.165, 1.54) is 12.7 Å². The highest BCUT2D eigenvalue weighted by Crippen LogP contribution is 2.26. The molecular formula is C17H21FN2O. The van der Waals surface area contributed by atoms with E-state index in [0.717, 1.165) is 11.1 Å². The van der Waals surface area contributed by atoms with Crippen molar-refractivity contribution < 1.29 is 9.13 Å². The van der Waals surface area contributed by atoms with Crippen molar-refractivity contribution in [2.24, 2.45) is 5.84 Å². The van der Waals surface area contributed by atoms with E-state index < -0.39 is 0 Å². The Morgan fingerprint density at radius 2 is 2.00 bits per heavy atom. The van der Waals surface area contributed by atoms with Gasteiger partial charge in [-0.25, -0.2) is 4.39 Å². The molecule has 0 saturated carbocycles. The van der Waals surface area contributed by atoms with Crippen molar-refractivity contribution in [1.29, 1.82) is 0 Å². The molecule has 1 atom stereocenters. The van der Waals surface area contributed by atoms with Crippen molar-refractivity contribution >= 4 is 0 Å². The van der Waals surface area contributed by atoms with Crippen LogP contribution in [-0.4, -0.2) is 7.11 Å². The van der Waals surface area contributed by atoms with Gasteiger partial charge in [-0.15, -0.1) is 0 Å². The van der Waals surface area contributed by atoms with Gasteiger partial charge in [-0.05, 0) is 43.0 Å². The first kappa shape index (κ1) is 15.5. The summed E-state index contributed by atoms with van der Waals surface area (Å²) in [5.74, 6) is 5.60. The fourth-order valence-electron chi connectivity index (χ4n) is 2.57. The van der Waals surface area contributed by atoms with Gasteiger partial charge in [-0.3, -0.25) is 11.3 Å². The maximum Gasteiger partial charge on any atom is 0.168 e. The number of aryl methyl sites for hydroxylation is 2. The van der Waals surface area contributed by atoms with E-state index in [9.17, 15) is 4.39 Å². The molecule has 3 N–H and O–H groups in total. The van der Waals surface area contributed by atoms with E-state index in [4.69, 9.17) is 10.6 Å². The van der Waals surface area contributed by atoms with Gasteiger partial charge in [0.15, 0.2) is 11.6 Å². The summed E-state index contributed by atoms with van der Waals surface area (Å²) >= 11 is 0. The summed E-state index contributed by atoms with van der Waals surface area (Å²) in [4.78, 5) is 0. The van der Waals surface area contributed by atoms with Crippen molar-refractivity contribution in [3.63, 3.8) is 0 Å². The van der Waals surface area contributed by atoms with E-state index >= 15 is 0 Å². The summed E-state index contributed by atoms with van der Waals surface area (Å²) in [5.41, 5.74) is 6.77. The first-order valence-corrected chi connectivity index (χ1v) is 6.91. The third kappa shape index (κ3) is 3.40. The Hall–Kier alpha value is -1.91. The number of halogens is 1. The molecule has 21 heavy (non-hydrogen) atoms. The highest BCUT2D eigenvalue weighted by molar-refractivity contribution is 5.36.